The zero-order valence-corrected chi connectivity index (χ0v) is 12.9. The molecule has 1 atom stereocenters. The molecule has 1 unspecified atom stereocenters. The van der Waals surface area contributed by atoms with Crippen molar-refractivity contribution in [1.29, 1.82) is 0 Å². The van der Waals surface area contributed by atoms with Crippen molar-refractivity contribution in [3.8, 4) is 0 Å². The Morgan fingerprint density at radius 1 is 1.11 bits per heavy atom. The second kappa shape index (κ2) is 5.23. The van der Waals surface area contributed by atoms with Crippen molar-refractivity contribution in [3.63, 3.8) is 0 Å². The van der Waals surface area contributed by atoms with Gasteiger partial charge in [0.2, 0.25) is 0 Å². The highest BCUT2D eigenvalue weighted by molar-refractivity contribution is 9.10. The summed E-state index contributed by atoms with van der Waals surface area (Å²) in [6.07, 6.45) is 0. The summed E-state index contributed by atoms with van der Waals surface area (Å²) in [5.41, 5.74) is 1.46. The molecule has 0 aliphatic carbocycles. The number of halogens is 3. The van der Waals surface area contributed by atoms with Crippen molar-refractivity contribution in [1.82, 2.24) is 0 Å². The minimum atomic E-state index is -0.478. The lowest BCUT2D eigenvalue weighted by Crippen LogP contribution is -1.96. The predicted molar refractivity (Wildman–Crippen MR) is 83.6 cm³/mol. The van der Waals surface area contributed by atoms with E-state index in [2.05, 4.69) is 15.9 Å². The summed E-state index contributed by atoms with van der Waals surface area (Å²) in [7, 11) is 0. The number of hydrogen-bond acceptors (Lipinski definition) is 1. The van der Waals surface area contributed by atoms with E-state index in [0.717, 1.165) is 15.4 Å². The average molecular weight is 356 g/mol. The fraction of sp³-hybridized carbons (Fsp3) is 0.0667. The Labute approximate surface area is 128 Å². The Morgan fingerprint density at radius 2 is 1.89 bits per heavy atom. The second-order valence-corrected chi connectivity index (χ2v) is 6.48. The minimum absolute atomic E-state index is 0.279. The van der Waals surface area contributed by atoms with Crippen LogP contribution in [-0.2, 0) is 0 Å². The maximum Gasteiger partial charge on any atom is 0.128 e. The largest absolute Gasteiger partial charge is 0.207 e. The first-order valence-corrected chi connectivity index (χ1v) is 7.83. The highest BCUT2D eigenvalue weighted by atomic mass is 79.9. The molecule has 0 fully saturated rings. The van der Waals surface area contributed by atoms with Crippen LogP contribution >= 0.6 is 38.9 Å². The summed E-state index contributed by atoms with van der Waals surface area (Å²) >= 11 is 11.5. The molecule has 4 heteroatoms. The molecular weight excluding hydrogens is 347 g/mol. The smallest absolute Gasteiger partial charge is 0.128 e. The van der Waals surface area contributed by atoms with Crippen molar-refractivity contribution in [3.05, 3.63) is 69.3 Å². The van der Waals surface area contributed by atoms with Crippen molar-refractivity contribution < 1.29 is 4.39 Å². The highest BCUT2D eigenvalue weighted by Gasteiger charge is 2.18. The van der Waals surface area contributed by atoms with Gasteiger partial charge in [-0.1, -0.05) is 34.1 Å². The quantitative estimate of drug-likeness (QED) is 0.485. The zero-order chi connectivity index (χ0) is 13.4. The zero-order valence-electron chi connectivity index (χ0n) is 9.74. The van der Waals surface area contributed by atoms with E-state index in [4.69, 9.17) is 11.6 Å². The molecule has 0 N–H and O–H groups in total. The Kier molecular flexibility index (Phi) is 3.61. The number of benzene rings is 2. The summed E-state index contributed by atoms with van der Waals surface area (Å²) in [5, 5.41) is 2.61. The number of alkyl halides is 1. The van der Waals surface area contributed by atoms with E-state index >= 15 is 0 Å². The Hall–Kier alpha value is -0.900. The molecule has 0 saturated heterocycles. The average Bonchev–Trinajstić information content (AvgIpc) is 2.84. The van der Waals surface area contributed by atoms with Gasteiger partial charge in [0, 0.05) is 14.7 Å². The van der Waals surface area contributed by atoms with E-state index in [9.17, 15) is 4.39 Å². The van der Waals surface area contributed by atoms with Crippen LogP contribution in [0.25, 0.3) is 10.1 Å². The van der Waals surface area contributed by atoms with Crippen LogP contribution in [0.1, 0.15) is 16.5 Å². The highest BCUT2D eigenvalue weighted by Crippen LogP contribution is 2.38. The molecule has 3 aromatic rings. The Bertz CT molecular complexity index is 738. The fourth-order valence-electron chi connectivity index (χ4n) is 2.07. The van der Waals surface area contributed by atoms with Crippen molar-refractivity contribution in [2.45, 2.75) is 5.38 Å². The first-order valence-electron chi connectivity index (χ1n) is 5.72. The van der Waals surface area contributed by atoms with Gasteiger partial charge in [-0.15, -0.1) is 22.9 Å². The van der Waals surface area contributed by atoms with E-state index in [1.54, 1.807) is 23.5 Å². The molecule has 0 nitrogen and oxygen atoms in total. The summed E-state index contributed by atoms with van der Waals surface area (Å²) < 4.78 is 15.9. The normalized spacial score (nSPS) is 12.8. The van der Waals surface area contributed by atoms with Crippen LogP contribution in [0.2, 0.25) is 0 Å². The van der Waals surface area contributed by atoms with Crippen LogP contribution in [0.15, 0.2) is 52.3 Å². The third-order valence-corrected chi connectivity index (χ3v) is 4.96. The molecule has 3 rings (SSSR count). The van der Waals surface area contributed by atoms with E-state index in [1.165, 1.54) is 10.8 Å². The number of hydrogen-bond donors (Lipinski definition) is 0. The molecule has 0 saturated carbocycles. The monoisotopic (exact) mass is 354 g/mol. The lowest BCUT2D eigenvalue weighted by Gasteiger charge is -2.11. The molecule has 1 aromatic heterocycles. The molecule has 0 spiro atoms. The van der Waals surface area contributed by atoms with Crippen LogP contribution in [-0.4, -0.2) is 0 Å². The molecule has 0 aliphatic rings. The van der Waals surface area contributed by atoms with Crippen LogP contribution in [0, 0.1) is 5.82 Å². The third kappa shape index (κ3) is 2.42. The molecule has 2 aromatic carbocycles. The Morgan fingerprint density at radius 3 is 2.74 bits per heavy atom. The van der Waals surface area contributed by atoms with Gasteiger partial charge in [-0.3, -0.25) is 0 Å². The topological polar surface area (TPSA) is 0 Å². The summed E-state index contributed by atoms with van der Waals surface area (Å²) in [5.74, 6) is -0.279. The first kappa shape index (κ1) is 13.1. The third-order valence-electron chi connectivity index (χ3n) is 3.02. The van der Waals surface area contributed by atoms with Gasteiger partial charge in [0.1, 0.15) is 5.82 Å². The molecule has 0 aliphatic heterocycles. The maximum absolute atomic E-state index is 13.9. The summed E-state index contributed by atoms with van der Waals surface area (Å²) in [6.45, 7) is 0. The summed E-state index contributed by atoms with van der Waals surface area (Å²) in [6, 6.07) is 12.9. The van der Waals surface area contributed by atoms with E-state index in [-0.39, 0.29) is 5.82 Å². The van der Waals surface area contributed by atoms with Crippen molar-refractivity contribution >= 4 is 49.0 Å². The van der Waals surface area contributed by atoms with E-state index in [0.29, 0.717) is 5.56 Å². The fourth-order valence-corrected chi connectivity index (χ4v) is 3.86. The molecule has 96 valence electrons. The van der Waals surface area contributed by atoms with E-state index < -0.39 is 5.38 Å². The van der Waals surface area contributed by atoms with Gasteiger partial charge in [0.15, 0.2) is 0 Å². The number of fused-ring (bicyclic) bond motifs is 1. The van der Waals surface area contributed by atoms with Crippen molar-refractivity contribution in [2.24, 2.45) is 0 Å². The molecule has 0 bridgehead atoms. The second-order valence-electron chi connectivity index (χ2n) is 4.22. The lowest BCUT2D eigenvalue weighted by molar-refractivity contribution is 0.612. The lowest BCUT2D eigenvalue weighted by atomic mass is 10.0. The van der Waals surface area contributed by atoms with Crippen LogP contribution in [0.3, 0.4) is 0 Å². The molecule has 0 amide bonds. The van der Waals surface area contributed by atoms with Crippen LogP contribution < -0.4 is 0 Å². The van der Waals surface area contributed by atoms with Crippen LogP contribution in [0.5, 0.6) is 0 Å². The van der Waals surface area contributed by atoms with Gasteiger partial charge >= 0.3 is 0 Å². The molecule has 19 heavy (non-hydrogen) atoms. The van der Waals surface area contributed by atoms with Gasteiger partial charge in [-0.25, -0.2) is 4.39 Å². The van der Waals surface area contributed by atoms with Gasteiger partial charge in [0.05, 0.1) is 5.38 Å². The van der Waals surface area contributed by atoms with Gasteiger partial charge in [0.25, 0.3) is 0 Å². The van der Waals surface area contributed by atoms with Gasteiger partial charge < -0.3 is 0 Å². The Balaban J connectivity index is 2.13. The number of rotatable bonds is 2. The van der Waals surface area contributed by atoms with Crippen LogP contribution in [0.4, 0.5) is 4.39 Å². The standard InChI is InChI=1S/C15H9BrClFS/c16-9-5-6-13(18)11(7-9)15(17)12-8-19-14-4-2-1-3-10(12)14/h1-8,15H. The minimum Gasteiger partial charge on any atom is -0.207 e. The predicted octanol–water partition coefficient (Wildman–Crippen LogP) is 6.13. The molecular formula is C15H9BrClFS. The summed E-state index contributed by atoms with van der Waals surface area (Å²) in [4.78, 5) is 0. The molecule has 1 heterocycles. The maximum atomic E-state index is 13.9. The molecule has 0 radical (unpaired) electrons. The number of thiophene rings is 1. The van der Waals surface area contributed by atoms with Crippen molar-refractivity contribution in [2.75, 3.05) is 0 Å². The van der Waals surface area contributed by atoms with Gasteiger partial charge in [-0.2, -0.15) is 0 Å². The first-order chi connectivity index (χ1) is 9.16. The van der Waals surface area contributed by atoms with Gasteiger partial charge in [-0.05, 0) is 40.6 Å². The SMILES string of the molecule is Fc1ccc(Br)cc1C(Cl)c1csc2ccccc12. The van der Waals surface area contributed by atoms with E-state index in [1.807, 2.05) is 29.6 Å².